The van der Waals surface area contributed by atoms with E-state index in [0.717, 1.165) is 6.42 Å². The number of carbonyl (C=O) groups is 1. The Morgan fingerprint density at radius 2 is 1.97 bits per heavy atom. The smallest absolute Gasteiger partial charge is 0.263 e. The molecule has 1 N–H and O–H groups in total. The maximum atomic E-state index is 13.7. The van der Waals surface area contributed by atoms with Gasteiger partial charge in [0.15, 0.2) is 0 Å². The van der Waals surface area contributed by atoms with Crippen LogP contribution in [0.1, 0.15) is 41.9 Å². The zero-order chi connectivity index (χ0) is 24.4. The van der Waals surface area contributed by atoms with Gasteiger partial charge in [-0.05, 0) is 50.1 Å². The average molecular weight is 501 g/mol. The molecule has 34 heavy (non-hydrogen) atoms. The monoisotopic (exact) mass is 500 g/mol. The van der Waals surface area contributed by atoms with Gasteiger partial charge in [-0.1, -0.05) is 42.3 Å². The summed E-state index contributed by atoms with van der Waals surface area (Å²) in [5.74, 6) is 0.813. The predicted octanol–water partition coefficient (Wildman–Crippen LogP) is 4.96. The van der Waals surface area contributed by atoms with Crippen molar-refractivity contribution >= 4 is 35.1 Å². The molecule has 0 spiro atoms. The van der Waals surface area contributed by atoms with E-state index in [4.69, 9.17) is 32.9 Å². The third kappa shape index (κ3) is 4.63. The molecule has 178 valence electrons. The number of aromatic nitrogens is 2. The lowest BCUT2D eigenvalue weighted by Crippen LogP contribution is -2.41. The summed E-state index contributed by atoms with van der Waals surface area (Å²) in [5.41, 5.74) is 2.07. The zero-order valence-corrected chi connectivity index (χ0v) is 20.8. The first-order chi connectivity index (χ1) is 16.3. The molecule has 0 saturated heterocycles. The third-order valence-electron chi connectivity index (χ3n) is 6.00. The van der Waals surface area contributed by atoms with Crippen LogP contribution in [0.25, 0.3) is 5.69 Å². The lowest BCUT2D eigenvalue weighted by molar-refractivity contribution is 0.0731. The molecule has 2 heterocycles. The molecule has 1 unspecified atom stereocenters. The van der Waals surface area contributed by atoms with Gasteiger partial charge in [-0.3, -0.25) is 9.59 Å². The highest BCUT2D eigenvalue weighted by Crippen LogP contribution is 2.27. The van der Waals surface area contributed by atoms with E-state index < -0.39 is 0 Å². The molecule has 1 atom stereocenters. The van der Waals surface area contributed by atoms with E-state index in [1.165, 1.54) is 0 Å². The van der Waals surface area contributed by atoms with Gasteiger partial charge in [-0.2, -0.15) is 0 Å². The van der Waals surface area contributed by atoms with Crippen LogP contribution in [-0.2, 0) is 13.0 Å². The van der Waals surface area contributed by atoms with Crippen LogP contribution in [-0.4, -0.2) is 40.1 Å². The third-order valence-corrected chi connectivity index (χ3v) is 6.74. The molecule has 4 rings (SSSR count). The number of fused-ring (bicyclic) bond motifs is 1. The average Bonchev–Trinajstić information content (AvgIpc) is 2.85. The van der Waals surface area contributed by atoms with Gasteiger partial charge in [0.05, 0.1) is 35.1 Å². The highest BCUT2D eigenvalue weighted by molar-refractivity contribution is 6.42. The van der Waals surface area contributed by atoms with Crippen LogP contribution in [0, 0.1) is 0 Å². The van der Waals surface area contributed by atoms with E-state index in [1.807, 2.05) is 31.2 Å². The summed E-state index contributed by atoms with van der Waals surface area (Å²) < 4.78 is 7.08. The molecule has 1 aliphatic rings. The molecule has 9 heteroatoms. The number of nitrogens with zero attached hydrogens (tertiary/aromatic N) is 3. The molecule has 1 aromatic heterocycles. The van der Waals surface area contributed by atoms with Crippen LogP contribution in [0.2, 0.25) is 10.0 Å². The van der Waals surface area contributed by atoms with E-state index in [-0.39, 0.29) is 24.1 Å². The highest BCUT2D eigenvalue weighted by atomic mass is 35.5. The number of halogens is 2. The molecule has 1 amide bonds. The summed E-state index contributed by atoms with van der Waals surface area (Å²) in [6, 6.07) is 12.3. The number of nitrogens with one attached hydrogen (secondary N) is 1. The Balaban J connectivity index is 1.76. The number of methoxy groups -OCH3 is 1. The molecule has 7 nitrogen and oxygen atoms in total. The second kappa shape index (κ2) is 10.1. The summed E-state index contributed by atoms with van der Waals surface area (Å²) in [5, 5.41) is 4.06. The number of anilines is 1. The Kier molecular flexibility index (Phi) is 7.14. The Morgan fingerprint density at radius 1 is 1.21 bits per heavy atom. The van der Waals surface area contributed by atoms with Crippen molar-refractivity contribution in [3.8, 4) is 11.4 Å². The number of benzene rings is 2. The molecule has 3 aromatic rings. The molecule has 0 fully saturated rings. The van der Waals surface area contributed by atoms with Crippen molar-refractivity contribution in [2.45, 2.75) is 39.3 Å². The minimum atomic E-state index is -0.184. The normalized spacial score (nSPS) is 13.9. The summed E-state index contributed by atoms with van der Waals surface area (Å²) in [4.78, 5) is 33.3. The van der Waals surface area contributed by atoms with E-state index >= 15 is 0 Å². The standard InChI is InChI=1S/C25H26Cl2N4O3/c1-4-15(2)28-25-29-20-14-30(23(32)16-9-10-18(26)19(27)13-16)12-11-17(20)24(33)31(25)21-7-5-6-8-22(21)34-3/h5-10,13,15H,4,11-12,14H2,1-3H3,(H,28,29). The lowest BCUT2D eigenvalue weighted by Gasteiger charge is -2.29. The summed E-state index contributed by atoms with van der Waals surface area (Å²) in [6.45, 7) is 4.70. The Hall–Kier alpha value is -3.03. The van der Waals surface area contributed by atoms with E-state index in [1.54, 1.807) is 34.8 Å². The largest absolute Gasteiger partial charge is 0.495 e. The number of rotatable bonds is 6. The molecular weight excluding hydrogens is 475 g/mol. The van der Waals surface area contributed by atoms with Gasteiger partial charge in [-0.15, -0.1) is 0 Å². The minimum Gasteiger partial charge on any atom is -0.495 e. The summed E-state index contributed by atoms with van der Waals surface area (Å²) in [7, 11) is 1.57. The van der Waals surface area contributed by atoms with Gasteiger partial charge in [0.1, 0.15) is 5.75 Å². The topological polar surface area (TPSA) is 76.5 Å². The van der Waals surface area contributed by atoms with Crippen molar-refractivity contribution in [1.82, 2.24) is 14.5 Å². The molecule has 0 aliphatic carbocycles. The van der Waals surface area contributed by atoms with Gasteiger partial charge in [0.2, 0.25) is 5.95 Å². The van der Waals surface area contributed by atoms with Gasteiger partial charge in [0.25, 0.3) is 11.5 Å². The van der Waals surface area contributed by atoms with Crippen LogP contribution in [0.4, 0.5) is 5.95 Å². The fraction of sp³-hybridized carbons (Fsp3) is 0.320. The van der Waals surface area contributed by atoms with E-state index in [9.17, 15) is 9.59 Å². The fourth-order valence-electron chi connectivity index (χ4n) is 3.93. The Bertz CT molecular complexity index is 1290. The molecule has 0 radical (unpaired) electrons. The zero-order valence-electron chi connectivity index (χ0n) is 19.3. The van der Waals surface area contributed by atoms with E-state index in [0.29, 0.717) is 57.2 Å². The van der Waals surface area contributed by atoms with Crippen LogP contribution >= 0.6 is 23.2 Å². The Morgan fingerprint density at radius 3 is 2.68 bits per heavy atom. The first-order valence-corrected chi connectivity index (χ1v) is 11.9. The summed E-state index contributed by atoms with van der Waals surface area (Å²) >= 11 is 12.1. The molecule has 1 aliphatic heterocycles. The van der Waals surface area contributed by atoms with Crippen molar-refractivity contribution in [2.24, 2.45) is 0 Å². The van der Waals surface area contributed by atoms with Crippen molar-refractivity contribution in [3.63, 3.8) is 0 Å². The first kappa shape index (κ1) is 24.1. The van der Waals surface area contributed by atoms with Gasteiger partial charge >= 0.3 is 0 Å². The number of carbonyl (C=O) groups excluding carboxylic acids is 1. The molecule has 2 aromatic carbocycles. The van der Waals surface area contributed by atoms with Crippen LogP contribution in [0.15, 0.2) is 47.3 Å². The fourth-order valence-corrected chi connectivity index (χ4v) is 4.23. The second-order valence-electron chi connectivity index (χ2n) is 8.23. The maximum Gasteiger partial charge on any atom is 0.263 e. The van der Waals surface area contributed by atoms with Crippen LogP contribution in [0.5, 0.6) is 5.75 Å². The van der Waals surface area contributed by atoms with Crippen molar-refractivity contribution < 1.29 is 9.53 Å². The van der Waals surface area contributed by atoms with Crippen molar-refractivity contribution in [3.05, 3.63) is 79.7 Å². The minimum absolute atomic E-state index is 0.0865. The number of hydrogen-bond acceptors (Lipinski definition) is 5. The second-order valence-corrected chi connectivity index (χ2v) is 9.05. The Labute approximate surface area is 208 Å². The lowest BCUT2D eigenvalue weighted by atomic mass is 10.0. The summed E-state index contributed by atoms with van der Waals surface area (Å²) in [6.07, 6.45) is 1.24. The van der Waals surface area contributed by atoms with Gasteiger partial charge in [-0.25, -0.2) is 9.55 Å². The predicted molar refractivity (Wildman–Crippen MR) is 135 cm³/mol. The van der Waals surface area contributed by atoms with Crippen LogP contribution < -0.4 is 15.6 Å². The SMILES string of the molecule is CCC(C)Nc1nc2c(c(=O)n1-c1ccccc1OC)CCN(C(=O)c1ccc(Cl)c(Cl)c1)C2. The number of ether oxygens (including phenoxy) is 1. The van der Waals surface area contributed by atoms with Gasteiger partial charge in [0, 0.05) is 23.7 Å². The number of hydrogen-bond donors (Lipinski definition) is 1. The first-order valence-electron chi connectivity index (χ1n) is 11.1. The molecule has 0 saturated carbocycles. The van der Waals surface area contributed by atoms with Crippen molar-refractivity contribution in [1.29, 1.82) is 0 Å². The highest BCUT2D eigenvalue weighted by Gasteiger charge is 2.28. The number of para-hydroxylation sites is 2. The van der Waals surface area contributed by atoms with Gasteiger partial charge < -0.3 is 15.0 Å². The molecule has 0 bridgehead atoms. The maximum absolute atomic E-state index is 13.7. The number of amides is 1. The van der Waals surface area contributed by atoms with E-state index in [2.05, 4.69) is 12.2 Å². The van der Waals surface area contributed by atoms with Crippen molar-refractivity contribution in [2.75, 3.05) is 19.0 Å². The molecular formula is C25H26Cl2N4O3. The van der Waals surface area contributed by atoms with Crippen LogP contribution in [0.3, 0.4) is 0 Å². The quantitative estimate of drug-likeness (QED) is 0.517.